The van der Waals surface area contributed by atoms with Crippen molar-refractivity contribution in [3.05, 3.63) is 0 Å². The molecule has 0 aromatic rings. The largest absolute Gasteiger partial charge is 0.392 e. The van der Waals surface area contributed by atoms with Crippen molar-refractivity contribution >= 4 is 0 Å². The van der Waals surface area contributed by atoms with Gasteiger partial charge in [-0.25, -0.2) is 0 Å². The Kier molecular flexibility index (Phi) is 2.89. The number of hydrogen-bond acceptors (Lipinski definition) is 2. The lowest BCUT2D eigenvalue weighted by Gasteiger charge is -2.38. The number of likely N-dealkylation sites (tertiary alicyclic amines) is 1. The molecule has 2 heteroatoms. The monoisotopic (exact) mass is 183 g/mol. The fourth-order valence-corrected chi connectivity index (χ4v) is 2.93. The van der Waals surface area contributed by atoms with Crippen molar-refractivity contribution in [2.75, 3.05) is 13.1 Å². The number of piperidine rings is 1. The summed E-state index contributed by atoms with van der Waals surface area (Å²) in [7, 11) is 0. The molecule has 2 atom stereocenters. The molecule has 2 nitrogen and oxygen atoms in total. The Morgan fingerprint density at radius 3 is 2.46 bits per heavy atom. The van der Waals surface area contributed by atoms with Gasteiger partial charge in [0, 0.05) is 19.1 Å². The van der Waals surface area contributed by atoms with Crippen LogP contribution >= 0.6 is 0 Å². The Morgan fingerprint density at radius 2 is 1.85 bits per heavy atom. The zero-order chi connectivity index (χ0) is 9.26. The SMILES string of the molecule is CC1CC(O)CN(C2CCCC2)C1. The predicted octanol–water partition coefficient (Wildman–Crippen LogP) is 1.63. The van der Waals surface area contributed by atoms with Crippen LogP contribution in [0.15, 0.2) is 0 Å². The molecule has 1 aliphatic heterocycles. The minimum absolute atomic E-state index is 0.0654. The van der Waals surface area contributed by atoms with Gasteiger partial charge in [-0.3, -0.25) is 4.90 Å². The number of nitrogens with zero attached hydrogens (tertiary/aromatic N) is 1. The van der Waals surface area contributed by atoms with Gasteiger partial charge in [-0.1, -0.05) is 19.8 Å². The van der Waals surface area contributed by atoms with Crippen LogP contribution in [0.25, 0.3) is 0 Å². The van der Waals surface area contributed by atoms with Gasteiger partial charge in [0.1, 0.15) is 0 Å². The molecular weight excluding hydrogens is 162 g/mol. The number of hydrogen-bond donors (Lipinski definition) is 1. The van der Waals surface area contributed by atoms with Crippen molar-refractivity contribution in [3.8, 4) is 0 Å². The first-order valence-electron chi connectivity index (χ1n) is 5.68. The Morgan fingerprint density at radius 1 is 1.15 bits per heavy atom. The quantitative estimate of drug-likeness (QED) is 0.668. The van der Waals surface area contributed by atoms with E-state index in [0.29, 0.717) is 5.92 Å². The van der Waals surface area contributed by atoms with Gasteiger partial charge in [0.25, 0.3) is 0 Å². The standard InChI is InChI=1S/C11H21NO/c1-9-6-11(13)8-12(7-9)10-4-2-3-5-10/h9-11,13H,2-8H2,1H3. The van der Waals surface area contributed by atoms with E-state index in [0.717, 1.165) is 19.0 Å². The van der Waals surface area contributed by atoms with E-state index < -0.39 is 0 Å². The fourth-order valence-electron chi connectivity index (χ4n) is 2.93. The van der Waals surface area contributed by atoms with E-state index in [2.05, 4.69) is 11.8 Å². The van der Waals surface area contributed by atoms with E-state index in [9.17, 15) is 5.11 Å². The molecule has 0 aromatic heterocycles. The molecule has 1 saturated heterocycles. The number of rotatable bonds is 1. The second-order valence-electron chi connectivity index (χ2n) is 4.89. The highest BCUT2D eigenvalue weighted by atomic mass is 16.3. The van der Waals surface area contributed by atoms with Crippen LogP contribution in [0.3, 0.4) is 0 Å². The van der Waals surface area contributed by atoms with Crippen molar-refractivity contribution < 1.29 is 5.11 Å². The molecule has 0 spiro atoms. The lowest BCUT2D eigenvalue weighted by molar-refractivity contribution is 0.0233. The first kappa shape index (κ1) is 9.47. The molecule has 76 valence electrons. The zero-order valence-corrected chi connectivity index (χ0v) is 8.58. The Bertz CT molecular complexity index is 155. The molecule has 1 aliphatic carbocycles. The van der Waals surface area contributed by atoms with Crippen LogP contribution in [0.4, 0.5) is 0 Å². The summed E-state index contributed by atoms with van der Waals surface area (Å²) in [6.45, 7) is 4.39. The van der Waals surface area contributed by atoms with Gasteiger partial charge in [0.15, 0.2) is 0 Å². The number of β-amino-alcohol motifs (C(OH)–C–C–N with tert-alkyl or cyclic N) is 1. The second-order valence-corrected chi connectivity index (χ2v) is 4.89. The molecule has 0 amide bonds. The highest BCUT2D eigenvalue weighted by Gasteiger charge is 2.29. The van der Waals surface area contributed by atoms with Gasteiger partial charge in [0.2, 0.25) is 0 Å². The molecule has 0 radical (unpaired) electrons. The second kappa shape index (κ2) is 3.97. The molecule has 2 aliphatic rings. The van der Waals surface area contributed by atoms with Crippen LogP contribution in [0.5, 0.6) is 0 Å². The highest BCUT2D eigenvalue weighted by Crippen LogP contribution is 2.27. The zero-order valence-electron chi connectivity index (χ0n) is 8.58. The van der Waals surface area contributed by atoms with E-state index in [-0.39, 0.29) is 6.10 Å². The van der Waals surface area contributed by atoms with Crippen molar-refractivity contribution in [1.29, 1.82) is 0 Å². The fraction of sp³-hybridized carbons (Fsp3) is 1.00. The van der Waals surface area contributed by atoms with Crippen molar-refractivity contribution in [3.63, 3.8) is 0 Å². The van der Waals surface area contributed by atoms with Crippen LogP contribution in [0.2, 0.25) is 0 Å². The molecule has 13 heavy (non-hydrogen) atoms. The van der Waals surface area contributed by atoms with Crippen molar-refractivity contribution in [1.82, 2.24) is 4.90 Å². The average molecular weight is 183 g/mol. The van der Waals surface area contributed by atoms with E-state index in [1.54, 1.807) is 0 Å². The van der Waals surface area contributed by atoms with Crippen LogP contribution in [0, 0.1) is 5.92 Å². The predicted molar refractivity (Wildman–Crippen MR) is 53.6 cm³/mol. The number of aliphatic hydroxyl groups is 1. The summed E-state index contributed by atoms with van der Waals surface area (Å²) < 4.78 is 0. The highest BCUT2D eigenvalue weighted by molar-refractivity contribution is 4.84. The van der Waals surface area contributed by atoms with Gasteiger partial charge >= 0.3 is 0 Å². The van der Waals surface area contributed by atoms with E-state index in [1.165, 1.54) is 32.2 Å². The molecule has 0 aromatic carbocycles. The number of aliphatic hydroxyl groups excluding tert-OH is 1. The smallest absolute Gasteiger partial charge is 0.0670 e. The molecule has 1 saturated carbocycles. The molecule has 0 bridgehead atoms. The summed E-state index contributed by atoms with van der Waals surface area (Å²) in [5.41, 5.74) is 0. The summed E-state index contributed by atoms with van der Waals surface area (Å²) >= 11 is 0. The van der Waals surface area contributed by atoms with Crippen molar-refractivity contribution in [2.24, 2.45) is 5.92 Å². The van der Waals surface area contributed by atoms with Crippen LogP contribution in [-0.2, 0) is 0 Å². The summed E-state index contributed by atoms with van der Waals surface area (Å²) in [5.74, 6) is 0.685. The Balaban J connectivity index is 1.90. The first-order valence-corrected chi connectivity index (χ1v) is 5.68. The lowest BCUT2D eigenvalue weighted by Crippen LogP contribution is -2.46. The lowest BCUT2D eigenvalue weighted by atomic mass is 9.96. The summed E-state index contributed by atoms with van der Waals surface area (Å²) in [6.07, 6.45) is 6.45. The molecule has 1 heterocycles. The molecule has 2 fully saturated rings. The third-order valence-corrected chi connectivity index (χ3v) is 3.51. The van der Waals surface area contributed by atoms with E-state index in [1.807, 2.05) is 0 Å². The van der Waals surface area contributed by atoms with Gasteiger partial charge in [-0.05, 0) is 25.2 Å². The first-order chi connectivity index (χ1) is 6.25. The Hall–Kier alpha value is -0.0800. The van der Waals surface area contributed by atoms with E-state index in [4.69, 9.17) is 0 Å². The third kappa shape index (κ3) is 2.23. The molecule has 2 rings (SSSR count). The normalized spacial score (nSPS) is 38.3. The van der Waals surface area contributed by atoms with Crippen LogP contribution in [-0.4, -0.2) is 35.2 Å². The molecule has 2 unspecified atom stereocenters. The average Bonchev–Trinajstić information content (AvgIpc) is 2.53. The molecular formula is C11H21NO. The van der Waals surface area contributed by atoms with Gasteiger partial charge in [-0.2, -0.15) is 0 Å². The molecule has 1 N–H and O–H groups in total. The Labute approximate surface area is 80.9 Å². The summed E-state index contributed by atoms with van der Waals surface area (Å²) in [6, 6.07) is 0.789. The van der Waals surface area contributed by atoms with Crippen LogP contribution < -0.4 is 0 Å². The maximum absolute atomic E-state index is 9.67. The summed E-state index contributed by atoms with van der Waals surface area (Å²) in [5, 5.41) is 9.67. The maximum Gasteiger partial charge on any atom is 0.0670 e. The van der Waals surface area contributed by atoms with Gasteiger partial charge < -0.3 is 5.11 Å². The summed E-state index contributed by atoms with van der Waals surface area (Å²) in [4.78, 5) is 2.52. The maximum atomic E-state index is 9.67. The van der Waals surface area contributed by atoms with Crippen LogP contribution in [0.1, 0.15) is 39.0 Å². The van der Waals surface area contributed by atoms with Crippen molar-refractivity contribution in [2.45, 2.75) is 51.2 Å². The van der Waals surface area contributed by atoms with Gasteiger partial charge in [-0.15, -0.1) is 0 Å². The minimum atomic E-state index is -0.0654. The third-order valence-electron chi connectivity index (χ3n) is 3.51. The van der Waals surface area contributed by atoms with E-state index >= 15 is 0 Å². The topological polar surface area (TPSA) is 23.5 Å². The minimum Gasteiger partial charge on any atom is -0.392 e. The van der Waals surface area contributed by atoms with Gasteiger partial charge in [0.05, 0.1) is 6.10 Å².